The van der Waals surface area contributed by atoms with Gasteiger partial charge in [-0.05, 0) is 25.8 Å². The first-order chi connectivity index (χ1) is 8.75. The summed E-state index contributed by atoms with van der Waals surface area (Å²) in [5.41, 5.74) is 1.34. The quantitative estimate of drug-likeness (QED) is 0.837. The number of morpholine rings is 1. The predicted molar refractivity (Wildman–Crippen MR) is 74.7 cm³/mol. The van der Waals surface area contributed by atoms with Crippen LogP contribution in [0.5, 0.6) is 0 Å². The van der Waals surface area contributed by atoms with Gasteiger partial charge in [0.2, 0.25) is 0 Å². The van der Waals surface area contributed by atoms with Gasteiger partial charge in [-0.3, -0.25) is 0 Å². The largest absolute Gasteiger partial charge is 0.379 e. The van der Waals surface area contributed by atoms with Crippen LogP contribution < -0.4 is 10.6 Å². The van der Waals surface area contributed by atoms with Gasteiger partial charge in [0.05, 0.1) is 13.2 Å². The first-order valence-electron chi connectivity index (χ1n) is 6.88. The molecule has 18 heavy (non-hydrogen) atoms. The average Bonchev–Trinajstić information content (AvgIpc) is 2.40. The van der Waals surface area contributed by atoms with Crippen LogP contribution in [0.4, 0.5) is 0 Å². The van der Waals surface area contributed by atoms with E-state index in [-0.39, 0.29) is 0 Å². The standard InChI is InChI=1S/C15H24N2O/c1-12(10-15-11-18-9-8-16-15)17-13(2)14-6-4-3-5-7-14/h3-7,12-13,15-17H,8-11H2,1-2H3/t12?,13-,15?/m1/s1. The molecule has 0 amide bonds. The average molecular weight is 248 g/mol. The summed E-state index contributed by atoms with van der Waals surface area (Å²) in [6, 6.07) is 12.0. The zero-order valence-corrected chi connectivity index (χ0v) is 11.4. The summed E-state index contributed by atoms with van der Waals surface area (Å²) in [4.78, 5) is 0. The molecule has 0 bridgehead atoms. The fourth-order valence-electron chi connectivity index (χ4n) is 2.53. The molecule has 3 nitrogen and oxygen atoms in total. The van der Waals surface area contributed by atoms with Crippen molar-refractivity contribution in [3.8, 4) is 0 Å². The van der Waals surface area contributed by atoms with Gasteiger partial charge in [-0.1, -0.05) is 30.3 Å². The van der Waals surface area contributed by atoms with Gasteiger partial charge in [0.15, 0.2) is 0 Å². The van der Waals surface area contributed by atoms with Crippen molar-refractivity contribution in [1.82, 2.24) is 10.6 Å². The van der Waals surface area contributed by atoms with E-state index >= 15 is 0 Å². The van der Waals surface area contributed by atoms with Crippen molar-refractivity contribution in [2.24, 2.45) is 0 Å². The third-order valence-electron chi connectivity index (χ3n) is 3.47. The van der Waals surface area contributed by atoms with Crippen molar-refractivity contribution < 1.29 is 4.74 Å². The highest BCUT2D eigenvalue weighted by Crippen LogP contribution is 2.13. The minimum Gasteiger partial charge on any atom is -0.379 e. The number of ether oxygens (including phenoxy) is 1. The third-order valence-corrected chi connectivity index (χ3v) is 3.47. The Kier molecular flexibility index (Phi) is 5.17. The lowest BCUT2D eigenvalue weighted by Gasteiger charge is -2.28. The number of hydrogen-bond donors (Lipinski definition) is 2. The van der Waals surface area contributed by atoms with Crippen LogP contribution in [0.15, 0.2) is 30.3 Å². The molecule has 1 fully saturated rings. The molecule has 2 unspecified atom stereocenters. The topological polar surface area (TPSA) is 33.3 Å². The lowest BCUT2D eigenvalue weighted by Crippen LogP contribution is -2.45. The monoisotopic (exact) mass is 248 g/mol. The van der Waals surface area contributed by atoms with Crippen LogP contribution in [0.25, 0.3) is 0 Å². The molecule has 0 saturated carbocycles. The molecule has 0 aliphatic carbocycles. The molecule has 0 spiro atoms. The van der Waals surface area contributed by atoms with Crippen LogP contribution in [0.3, 0.4) is 0 Å². The van der Waals surface area contributed by atoms with Gasteiger partial charge in [0.1, 0.15) is 0 Å². The second-order valence-corrected chi connectivity index (χ2v) is 5.16. The van der Waals surface area contributed by atoms with E-state index in [1.807, 2.05) is 0 Å². The summed E-state index contributed by atoms with van der Waals surface area (Å²) in [7, 11) is 0. The Labute approximate surface area is 110 Å². The Morgan fingerprint density at radius 3 is 2.78 bits per heavy atom. The SMILES string of the molecule is CC(CC1COCCN1)N[C@H](C)c1ccccc1. The van der Waals surface area contributed by atoms with E-state index in [4.69, 9.17) is 4.74 Å². The second kappa shape index (κ2) is 6.88. The van der Waals surface area contributed by atoms with Gasteiger partial charge in [-0.2, -0.15) is 0 Å². The zero-order chi connectivity index (χ0) is 12.8. The first-order valence-corrected chi connectivity index (χ1v) is 6.88. The van der Waals surface area contributed by atoms with Crippen LogP contribution in [0.2, 0.25) is 0 Å². The maximum Gasteiger partial charge on any atom is 0.0620 e. The molecule has 1 aliphatic heterocycles. The molecular formula is C15H24N2O. The smallest absolute Gasteiger partial charge is 0.0620 e. The molecule has 1 aromatic rings. The fraction of sp³-hybridized carbons (Fsp3) is 0.600. The molecule has 0 radical (unpaired) electrons. The highest BCUT2D eigenvalue weighted by Gasteiger charge is 2.17. The van der Waals surface area contributed by atoms with E-state index in [0.717, 1.165) is 26.2 Å². The molecule has 3 atom stereocenters. The van der Waals surface area contributed by atoms with Gasteiger partial charge in [-0.15, -0.1) is 0 Å². The van der Waals surface area contributed by atoms with E-state index in [0.29, 0.717) is 18.1 Å². The maximum atomic E-state index is 5.48. The van der Waals surface area contributed by atoms with Crippen molar-refractivity contribution in [2.75, 3.05) is 19.8 Å². The minimum absolute atomic E-state index is 0.394. The Morgan fingerprint density at radius 2 is 2.11 bits per heavy atom. The van der Waals surface area contributed by atoms with Gasteiger partial charge in [0, 0.05) is 24.7 Å². The Morgan fingerprint density at radius 1 is 1.33 bits per heavy atom. The highest BCUT2D eigenvalue weighted by molar-refractivity contribution is 5.18. The van der Waals surface area contributed by atoms with Crippen molar-refractivity contribution in [1.29, 1.82) is 0 Å². The van der Waals surface area contributed by atoms with Crippen LogP contribution in [-0.4, -0.2) is 31.8 Å². The number of rotatable bonds is 5. The van der Waals surface area contributed by atoms with Crippen molar-refractivity contribution in [3.63, 3.8) is 0 Å². The van der Waals surface area contributed by atoms with Gasteiger partial charge >= 0.3 is 0 Å². The van der Waals surface area contributed by atoms with Gasteiger partial charge in [0.25, 0.3) is 0 Å². The molecule has 2 N–H and O–H groups in total. The third kappa shape index (κ3) is 4.09. The maximum absolute atomic E-state index is 5.48. The van der Waals surface area contributed by atoms with E-state index < -0.39 is 0 Å². The first kappa shape index (κ1) is 13.5. The fourth-order valence-corrected chi connectivity index (χ4v) is 2.53. The van der Waals surface area contributed by atoms with E-state index in [1.165, 1.54) is 5.56 Å². The van der Waals surface area contributed by atoms with Crippen molar-refractivity contribution in [2.45, 2.75) is 38.4 Å². The highest BCUT2D eigenvalue weighted by atomic mass is 16.5. The van der Waals surface area contributed by atoms with Crippen LogP contribution in [0, 0.1) is 0 Å². The van der Waals surface area contributed by atoms with Gasteiger partial charge < -0.3 is 15.4 Å². The summed E-state index contributed by atoms with van der Waals surface area (Å²) in [6.45, 7) is 7.13. The molecule has 2 rings (SSSR count). The van der Waals surface area contributed by atoms with E-state index in [1.54, 1.807) is 0 Å². The molecule has 1 saturated heterocycles. The molecule has 3 heteroatoms. The van der Waals surface area contributed by atoms with E-state index in [9.17, 15) is 0 Å². The van der Waals surface area contributed by atoms with Crippen molar-refractivity contribution >= 4 is 0 Å². The van der Waals surface area contributed by atoms with Crippen LogP contribution in [0.1, 0.15) is 31.9 Å². The summed E-state index contributed by atoms with van der Waals surface area (Å²) >= 11 is 0. The molecule has 1 aromatic carbocycles. The lowest BCUT2D eigenvalue weighted by atomic mass is 10.0. The summed E-state index contributed by atoms with van der Waals surface area (Å²) in [5.74, 6) is 0. The molecule has 100 valence electrons. The van der Waals surface area contributed by atoms with Crippen LogP contribution >= 0.6 is 0 Å². The number of nitrogens with one attached hydrogen (secondary N) is 2. The predicted octanol–water partition coefficient (Wildman–Crippen LogP) is 2.10. The van der Waals surface area contributed by atoms with E-state index in [2.05, 4.69) is 54.8 Å². The summed E-state index contributed by atoms with van der Waals surface area (Å²) < 4.78 is 5.48. The number of hydrogen-bond acceptors (Lipinski definition) is 3. The Bertz CT molecular complexity index is 336. The molecular weight excluding hydrogens is 224 g/mol. The number of benzene rings is 1. The Balaban J connectivity index is 1.78. The zero-order valence-electron chi connectivity index (χ0n) is 11.4. The molecule has 0 aromatic heterocycles. The Hall–Kier alpha value is -0.900. The molecule has 1 aliphatic rings. The van der Waals surface area contributed by atoms with Crippen LogP contribution in [-0.2, 0) is 4.74 Å². The molecule has 1 heterocycles. The van der Waals surface area contributed by atoms with Crippen molar-refractivity contribution in [3.05, 3.63) is 35.9 Å². The lowest BCUT2D eigenvalue weighted by molar-refractivity contribution is 0.0708. The second-order valence-electron chi connectivity index (χ2n) is 5.16. The summed E-state index contributed by atoms with van der Waals surface area (Å²) in [6.07, 6.45) is 1.11. The minimum atomic E-state index is 0.394. The summed E-state index contributed by atoms with van der Waals surface area (Å²) in [5, 5.41) is 7.15. The van der Waals surface area contributed by atoms with Gasteiger partial charge in [-0.25, -0.2) is 0 Å². The normalized spacial score (nSPS) is 23.6.